The van der Waals surface area contributed by atoms with E-state index in [0.717, 1.165) is 5.56 Å². The fraction of sp³-hybridized carbons (Fsp3) is 0.316. The maximum absolute atomic E-state index is 12.4. The van der Waals surface area contributed by atoms with Gasteiger partial charge in [0, 0.05) is 16.9 Å². The molecule has 0 heterocycles. The lowest BCUT2D eigenvalue weighted by Gasteiger charge is -2.14. The van der Waals surface area contributed by atoms with Crippen LogP contribution in [0.1, 0.15) is 53.6 Å². The Bertz CT molecular complexity index is 663. The van der Waals surface area contributed by atoms with Gasteiger partial charge in [0.25, 0.3) is 0 Å². The molecule has 0 saturated heterocycles. The second-order valence-corrected chi connectivity index (χ2v) is 6.03. The number of rotatable bonds is 7. The topological polar surface area (TPSA) is 60.2 Å². The first kappa shape index (κ1) is 16.9. The summed E-state index contributed by atoms with van der Waals surface area (Å²) in [6.45, 7) is 3.96. The van der Waals surface area contributed by atoms with Crippen molar-refractivity contribution < 1.29 is 9.72 Å². The number of benzene rings is 2. The van der Waals surface area contributed by atoms with Crippen LogP contribution in [0.25, 0.3) is 0 Å². The smallest absolute Gasteiger partial charge is 0.211 e. The normalized spacial score (nSPS) is 12.1. The largest absolute Gasteiger partial charge is 0.294 e. The highest BCUT2D eigenvalue weighted by atomic mass is 16.6. The summed E-state index contributed by atoms with van der Waals surface area (Å²) in [5.74, 6) is -0.0618. The number of nitro groups is 1. The summed E-state index contributed by atoms with van der Waals surface area (Å²) in [6.07, 6.45) is 0.145. The van der Waals surface area contributed by atoms with Gasteiger partial charge in [-0.1, -0.05) is 68.4 Å². The summed E-state index contributed by atoms with van der Waals surface area (Å²) in [4.78, 5) is 23.0. The second-order valence-electron chi connectivity index (χ2n) is 6.03. The molecule has 0 aliphatic rings. The summed E-state index contributed by atoms with van der Waals surface area (Å²) in [5.41, 5.74) is 2.62. The van der Waals surface area contributed by atoms with Crippen LogP contribution in [0.3, 0.4) is 0 Å². The number of carbonyl (C=O) groups is 1. The Kier molecular flexibility index (Phi) is 5.63. The minimum absolute atomic E-state index is 0.0645. The standard InChI is InChI=1S/C19H21NO3/c1-14(2)15-8-10-16(11-9-15)18(13-20(22)23)12-19(21)17-6-4-3-5-7-17/h3-11,14,18H,12-13H2,1-2H3. The molecule has 2 aromatic carbocycles. The zero-order valence-corrected chi connectivity index (χ0v) is 13.4. The minimum Gasteiger partial charge on any atom is -0.294 e. The van der Waals surface area contributed by atoms with Crippen LogP contribution in [0.15, 0.2) is 54.6 Å². The van der Waals surface area contributed by atoms with Crippen LogP contribution >= 0.6 is 0 Å². The van der Waals surface area contributed by atoms with Crippen molar-refractivity contribution in [2.75, 3.05) is 6.54 Å². The summed E-state index contributed by atoms with van der Waals surface area (Å²) in [6, 6.07) is 16.7. The van der Waals surface area contributed by atoms with Crippen molar-refractivity contribution in [1.29, 1.82) is 0 Å². The van der Waals surface area contributed by atoms with E-state index in [1.165, 1.54) is 5.56 Å². The third kappa shape index (κ3) is 4.74. The van der Waals surface area contributed by atoms with Crippen molar-refractivity contribution in [3.63, 3.8) is 0 Å². The highest BCUT2D eigenvalue weighted by Gasteiger charge is 2.22. The molecule has 0 saturated carbocycles. The predicted octanol–water partition coefficient (Wildman–Crippen LogP) is 4.44. The Balaban J connectivity index is 2.19. The van der Waals surface area contributed by atoms with Gasteiger partial charge in [0.1, 0.15) is 0 Å². The van der Waals surface area contributed by atoms with Crippen molar-refractivity contribution in [3.05, 3.63) is 81.4 Å². The minimum atomic E-state index is -0.404. The summed E-state index contributed by atoms with van der Waals surface area (Å²) in [7, 11) is 0. The van der Waals surface area contributed by atoms with Gasteiger partial charge in [-0.25, -0.2) is 0 Å². The lowest BCUT2D eigenvalue weighted by atomic mass is 9.90. The molecule has 1 atom stereocenters. The van der Waals surface area contributed by atoms with E-state index in [1.54, 1.807) is 24.3 Å². The van der Waals surface area contributed by atoms with Crippen LogP contribution in [0.4, 0.5) is 0 Å². The van der Waals surface area contributed by atoms with E-state index in [-0.39, 0.29) is 23.7 Å². The maximum Gasteiger partial charge on any atom is 0.211 e. The van der Waals surface area contributed by atoms with Gasteiger partial charge >= 0.3 is 0 Å². The van der Waals surface area contributed by atoms with Crippen molar-refractivity contribution in [2.24, 2.45) is 0 Å². The Labute approximate surface area is 136 Å². The first-order valence-corrected chi connectivity index (χ1v) is 7.77. The zero-order valence-electron chi connectivity index (χ0n) is 13.4. The molecule has 0 aromatic heterocycles. The lowest BCUT2D eigenvalue weighted by Crippen LogP contribution is -2.16. The van der Waals surface area contributed by atoms with Crippen LogP contribution < -0.4 is 0 Å². The molecule has 0 radical (unpaired) electrons. The SMILES string of the molecule is CC(C)c1ccc(C(CC(=O)c2ccccc2)C[N+](=O)[O-])cc1. The number of nitrogens with zero attached hydrogens (tertiary/aromatic N) is 1. The molecule has 0 N–H and O–H groups in total. The fourth-order valence-corrected chi connectivity index (χ4v) is 2.59. The molecular formula is C19H21NO3. The molecule has 0 aliphatic heterocycles. The highest BCUT2D eigenvalue weighted by Crippen LogP contribution is 2.24. The van der Waals surface area contributed by atoms with Crippen LogP contribution in [0.5, 0.6) is 0 Å². The van der Waals surface area contributed by atoms with E-state index in [1.807, 2.05) is 30.3 Å². The van der Waals surface area contributed by atoms with Crippen LogP contribution in [0.2, 0.25) is 0 Å². The Morgan fingerprint density at radius 2 is 1.57 bits per heavy atom. The molecule has 4 nitrogen and oxygen atoms in total. The van der Waals surface area contributed by atoms with Crippen molar-refractivity contribution in [2.45, 2.75) is 32.1 Å². The Hall–Kier alpha value is -2.49. The van der Waals surface area contributed by atoms with Crippen molar-refractivity contribution in [1.82, 2.24) is 0 Å². The van der Waals surface area contributed by atoms with E-state index in [4.69, 9.17) is 0 Å². The number of hydrogen-bond acceptors (Lipinski definition) is 3. The van der Waals surface area contributed by atoms with Gasteiger partial charge in [0.05, 0.1) is 5.92 Å². The van der Waals surface area contributed by atoms with Gasteiger partial charge in [-0.2, -0.15) is 0 Å². The first-order valence-electron chi connectivity index (χ1n) is 7.77. The van der Waals surface area contributed by atoms with E-state index in [9.17, 15) is 14.9 Å². The van der Waals surface area contributed by atoms with E-state index < -0.39 is 5.92 Å². The molecule has 0 fully saturated rings. The highest BCUT2D eigenvalue weighted by molar-refractivity contribution is 5.96. The summed E-state index contributed by atoms with van der Waals surface area (Å²) < 4.78 is 0. The molecule has 4 heteroatoms. The monoisotopic (exact) mass is 311 g/mol. The second kappa shape index (κ2) is 7.68. The third-order valence-corrected chi connectivity index (χ3v) is 3.97. The van der Waals surface area contributed by atoms with Gasteiger partial charge < -0.3 is 0 Å². The van der Waals surface area contributed by atoms with Gasteiger partial charge in [-0.3, -0.25) is 14.9 Å². The molecule has 0 bridgehead atoms. The molecule has 2 rings (SSSR count). The third-order valence-electron chi connectivity index (χ3n) is 3.97. The predicted molar refractivity (Wildman–Crippen MR) is 90.5 cm³/mol. The Morgan fingerprint density at radius 3 is 2.09 bits per heavy atom. The molecule has 0 spiro atoms. The van der Waals surface area contributed by atoms with Gasteiger partial charge in [-0.15, -0.1) is 0 Å². The van der Waals surface area contributed by atoms with E-state index >= 15 is 0 Å². The molecular weight excluding hydrogens is 290 g/mol. The zero-order chi connectivity index (χ0) is 16.8. The van der Waals surface area contributed by atoms with Crippen LogP contribution in [-0.4, -0.2) is 17.3 Å². The maximum atomic E-state index is 12.4. The summed E-state index contributed by atoms with van der Waals surface area (Å²) >= 11 is 0. The number of Topliss-reactive ketones (excluding diaryl/α,β-unsaturated/α-hetero) is 1. The van der Waals surface area contributed by atoms with Crippen LogP contribution in [-0.2, 0) is 0 Å². The molecule has 0 amide bonds. The number of hydrogen-bond donors (Lipinski definition) is 0. The van der Waals surface area contributed by atoms with Gasteiger partial charge in [-0.05, 0) is 17.0 Å². The van der Waals surface area contributed by atoms with Crippen LogP contribution in [0, 0.1) is 10.1 Å². The molecule has 1 unspecified atom stereocenters. The first-order chi connectivity index (χ1) is 11.0. The molecule has 120 valence electrons. The van der Waals surface area contributed by atoms with Crippen molar-refractivity contribution in [3.8, 4) is 0 Å². The molecule has 23 heavy (non-hydrogen) atoms. The lowest BCUT2D eigenvalue weighted by molar-refractivity contribution is -0.483. The van der Waals surface area contributed by atoms with Gasteiger partial charge in [0.15, 0.2) is 5.78 Å². The molecule has 2 aromatic rings. The summed E-state index contributed by atoms with van der Waals surface area (Å²) in [5, 5.41) is 11.0. The average molecular weight is 311 g/mol. The fourth-order valence-electron chi connectivity index (χ4n) is 2.59. The molecule has 0 aliphatic carbocycles. The van der Waals surface area contributed by atoms with E-state index in [0.29, 0.717) is 11.5 Å². The van der Waals surface area contributed by atoms with E-state index in [2.05, 4.69) is 13.8 Å². The number of ketones is 1. The van der Waals surface area contributed by atoms with Crippen molar-refractivity contribution >= 4 is 5.78 Å². The number of carbonyl (C=O) groups excluding carboxylic acids is 1. The average Bonchev–Trinajstić information content (AvgIpc) is 2.54. The van der Waals surface area contributed by atoms with Gasteiger partial charge in [0.2, 0.25) is 6.54 Å². The quantitative estimate of drug-likeness (QED) is 0.431. The Morgan fingerprint density at radius 1 is 1.00 bits per heavy atom.